The van der Waals surface area contributed by atoms with E-state index in [1.54, 1.807) is 19.9 Å². The number of rotatable bonds is 10. The van der Waals surface area contributed by atoms with Gasteiger partial charge >= 0.3 is 5.97 Å². The molecule has 14 nitrogen and oxygen atoms in total. The Balaban J connectivity index is 1.15. The number of anilines is 1. The first kappa shape index (κ1) is 55.8. The summed E-state index contributed by atoms with van der Waals surface area (Å²) in [5.41, 5.74) is 4.96. The number of hydrogen-bond donors (Lipinski definition) is 3. The van der Waals surface area contributed by atoms with Gasteiger partial charge < -0.3 is 48.6 Å². The van der Waals surface area contributed by atoms with Crippen molar-refractivity contribution in [2.75, 3.05) is 32.7 Å². The van der Waals surface area contributed by atoms with Crippen molar-refractivity contribution in [1.82, 2.24) is 9.47 Å². The lowest BCUT2D eigenvalue weighted by Crippen LogP contribution is -2.64. The second kappa shape index (κ2) is 24.6. The zero-order valence-corrected chi connectivity index (χ0v) is 44.4. The molecule has 14 unspecified atom stereocenters. The molecule has 1 amide bonds. The number of fused-ring (bicyclic) bond motifs is 4. The predicted octanol–water partition coefficient (Wildman–Crippen LogP) is 8.13. The topological polar surface area (TPSA) is 177 Å². The highest BCUT2D eigenvalue weighted by atomic mass is 16.7. The van der Waals surface area contributed by atoms with Gasteiger partial charge in [0.2, 0.25) is 5.79 Å². The number of aliphatic hydroxyl groups excluding tert-OH is 2. The Hall–Kier alpha value is -4.96. The van der Waals surface area contributed by atoms with E-state index in [2.05, 4.69) is 58.6 Å². The van der Waals surface area contributed by atoms with Crippen LogP contribution in [0.1, 0.15) is 111 Å². The lowest BCUT2D eigenvalue weighted by Gasteiger charge is -2.47. The van der Waals surface area contributed by atoms with Crippen LogP contribution in [0.15, 0.2) is 96.7 Å². The van der Waals surface area contributed by atoms with Crippen LogP contribution in [0.2, 0.25) is 0 Å². The third-order valence-electron chi connectivity index (χ3n) is 16.5. The van der Waals surface area contributed by atoms with E-state index in [4.69, 9.17) is 18.9 Å². The Morgan fingerprint density at radius 2 is 1.64 bits per heavy atom. The van der Waals surface area contributed by atoms with E-state index in [1.165, 1.54) is 24.7 Å². The molecule has 2 bridgehead atoms. The number of amides is 1. The number of likely N-dealkylation sites (N-methyl/N-ethyl adjacent to an activating group) is 1. The summed E-state index contributed by atoms with van der Waals surface area (Å²) in [6.45, 7) is 14.0. The van der Waals surface area contributed by atoms with Gasteiger partial charge in [0.15, 0.2) is 0 Å². The van der Waals surface area contributed by atoms with Crippen LogP contribution < -0.4 is 4.90 Å². The van der Waals surface area contributed by atoms with Gasteiger partial charge in [-0.25, -0.2) is 4.79 Å². The molecule has 4 aliphatic rings. The van der Waals surface area contributed by atoms with Gasteiger partial charge in [0.25, 0.3) is 11.7 Å². The average Bonchev–Trinajstić information content (AvgIpc) is 3.78. The van der Waals surface area contributed by atoms with Crippen LogP contribution in [0, 0.1) is 29.6 Å². The number of esters is 1. The summed E-state index contributed by atoms with van der Waals surface area (Å²) in [7, 11) is 5.08. The molecule has 2 aromatic carbocycles. The van der Waals surface area contributed by atoms with Crippen molar-refractivity contribution in [2.45, 2.75) is 166 Å². The van der Waals surface area contributed by atoms with Crippen LogP contribution in [0.5, 0.6) is 0 Å². The zero-order valence-electron chi connectivity index (χ0n) is 44.4. The summed E-state index contributed by atoms with van der Waals surface area (Å²) in [6, 6.07) is 17.6. The van der Waals surface area contributed by atoms with E-state index < -0.39 is 83.9 Å². The van der Waals surface area contributed by atoms with Crippen LogP contribution in [-0.4, -0.2) is 131 Å². The molecule has 1 aromatic heterocycles. The highest BCUT2D eigenvalue weighted by Crippen LogP contribution is 2.40. The lowest BCUT2D eigenvalue weighted by atomic mass is 9.80. The van der Waals surface area contributed by atoms with Crippen molar-refractivity contribution in [2.24, 2.45) is 29.6 Å². The van der Waals surface area contributed by atoms with Crippen molar-refractivity contribution < 1.29 is 53.4 Å². The molecule has 3 aromatic rings. The number of hydrogen-bond acceptors (Lipinski definition) is 12. The fraction of sp³-hybridized carbons (Fsp3) is 0.593. The van der Waals surface area contributed by atoms with Gasteiger partial charge in [0.1, 0.15) is 24.0 Å². The zero-order chi connectivity index (χ0) is 52.7. The Labute approximate surface area is 432 Å². The first-order chi connectivity index (χ1) is 34.9. The molecule has 14 atom stereocenters. The summed E-state index contributed by atoms with van der Waals surface area (Å²) in [6.07, 6.45) is 7.27. The number of aliphatic hydroxyl groups is 3. The van der Waals surface area contributed by atoms with Crippen LogP contribution >= 0.6 is 0 Å². The Bertz CT molecular complexity index is 2470. The highest BCUT2D eigenvalue weighted by molar-refractivity contribution is 6.39. The van der Waals surface area contributed by atoms with Gasteiger partial charge in [-0.3, -0.25) is 14.4 Å². The van der Waals surface area contributed by atoms with E-state index in [-0.39, 0.29) is 49.5 Å². The molecule has 3 N–H and O–H groups in total. The third kappa shape index (κ3) is 12.8. The number of piperidine rings is 1. The molecule has 4 heterocycles. The highest BCUT2D eigenvalue weighted by Gasteiger charge is 2.56. The number of Topliss-reactive ketones (excluding diaryl/α,β-unsaturated/α-hetero) is 2. The fourth-order valence-electron chi connectivity index (χ4n) is 12.2. The summed E-state index contributed by atoms with van der Waals surface area (Å²) < 4.78 is 26.8. The number of benzene rings is 2. The van der Waals surface area contributed by atoms with E-state index in [1.807, 2.05) is 58.2 Å². The smallest absolute Gasteiger partial charge is 0.329 e. The van der Waals surface area contributed by atoms with Gasteiger partial charge in [-0.05, 0) is 125 Å². The molecule has 0 radical (unpaired) electrons. The fourth-order valence-corrected chi connectivity index (χ4v) is 12.2. The number of carbonyl (C=O) groups is 4. The minimum Gasteiger partial charge on any atom is -0.456 e. The number of cyclic esters (lactones) is 1. The molecule has 73 heavy (non-hydrogen) atoms. The van der Waals surface area contributed by atoms with Gasteiger partial charge in [-0.1, -0.05) is 74.9 Å². The molecule has 1 saturated carbocycles. The van der Waals surface area contributed by atoms with Gasteiger partial charge in [0.05, 0.1) is 30.5 Å². The molecule has 398 valence electrons. The first-order valence-corrected chi connectivity index (χ1v) is 26.6. The molecule has 1 aliphatic carbocycles. The molecular formula is C59H81N3O11. The van der Waals surface area contributed by atoms with Gasteiger partial charge in [0, 0.05) is 81.3 Å². The molecule has 3 fully saturated rings. The van der Waals surface area contributed by atoms with Crippen LogP contribution in [0.4, 0.5) is 5.69 Å². The Morgan fingerprint density at radius 3 is 2.34 bits per heavy atom. The van der Waals surface area contributed by atoms with Crippen molar-refractivity contribution >= 4 is 40.0 Å². The van der Waals surface area contributed by atoms with Crippen molar-refractivity contribution in [3.63, 3.8) is 0 Å². The number of ketones is 2. The monoisotopic (exact) mass is 1010 g/mol. The van der Waals surface area contributed by atoms with E-state index in [9.17, 15) is 34.5 Å². The second-order valence-electron chi connectivity index (χ2n) is 21.8. The van der Waals surface area contributed by atoms with E-state index >= 15 is 0 Å². The number of methoxy groups -OCH3 is 2. The lowest BCUT2D eigenvalue weighted by molar-refractivity contribution is -0.302. The van der Waals surface area contributed by atoms with E-state index in [0.717, 1.165) is 35.1 Å². The number of carbonyl (C=O) groups excluding carboxylic acids is 4. The molecule has 3 aliphatic heterocycles. The second-order valence-corrected chi connectivity index (χ2v) is 21.8. The first-order valence-electron chi connectivity index (χ1n) is 26.6. The normalized spacial score (nSPS) is 33.8. The third-order valence-corrected chi connectivity index (χ3v) is 16.5. The number of aromatic nitrogens is 1. The summed E-state index contributed by atoms with van der Waals surface area (Å²) >= 11 is 0. The minimum atomic E-state index is -2.53. The van der Waals surface area contributed by atoms with Crippen molar-refractivity contribution in [3.8, 4) is 0 Å². The Morgan fingerprint density at radius 1 is 0.918 bits per heavy atom. The largest absolute Gasteiger partial charge is 0.456 e. The maximum absolute atomic E-state index is 14.6. The number of allylic oxidation sites excluding steroid dienone is 4. The standard InChI is InChI=1S/C59H81N3O11/c1-10-16-44-28-36(2)27-37(3)29-52(70-8)55-53(71-9)31-39(5)59(69,73-55)56(66)57(67)62-25-15-14-19-48(62)58(68)72-54(40(6)49(63)34-50(44)64)38(4)30-42-20-22-47(51(65)32-42)60(7)45-21-23-46-43(33-45)24-26-61(46)35-41-17-12-11-13-18-41/h10-13,17-18,21,23-24,26,28,30,33,37,39-40,42,44,47-49,51-55,63,65,69H,1,14-16,19-20,22,25,27,29,31-32,34-35H2,2-9H3. The molecule has 2 saturated heterocycles. The predicted molar refractivity (Wildman–Crippen MR) is 281 cm³/mol. The minimum absolute atomic E-state index is 0.00395. The molecule has 0 spiro atoms. The number of nitrogens with zero attached hydrogens (tertiary/aromatic N) is 3. The van der Waals surface area contributed by atoms with Gasteiger partial charge in [-0.2, -0.15) is 0 Å². The number of ether oxygens (including phenoxy) is 4. The van der Waals surface area contributed by atoms with Crippen LogP contribution in [0.3, 0.4) is 0 Å². The molecular weight excluding hydrogens is 927 g/mol. The average molecular weight is 1010 g/mol. The van der Waals surface area contributed by atoms with Gasteiger partial charge in [-0.15, -0.1) is 6.58 Å². The molecule has 7 rings (SSSR count). The van der Waals surface area contributed by atoms with Crippen molar-refractivity contribution in [1.29, 1.82) is 0 Å². The van der Waals surface area contributed by atoms with Crippen molar-refractivity contribution in [3.05, 3.63) is 102 Å². The summed E-state index contributed by atoms with van der Waals surface area (Å²) in [5.74, 6) is -7.97. The molecule has 14 heteroatoms. The Kier molecular flexibility index (Phi) is 18.8. The SMILES string of the molecule is C=CCC1C=C(C)CC(C)CC(OC)C2OC(O)(C(=O)C(=O)N3CCCCC3C(=O)OC(C(C)=CC3CCC(N(C)c4ccc5c(ccn5Cc5ccccc5)c4)C(O)C3)C(C)C(O)CC1=O)C(C)CC2OC. The van der Waals surface area contributed by atoms with Crippen LogP contribution in [-0.2, 0) is 44.7 Å². The summed E-state index contributed by atoms with van der Waals surface area (Å²) in [4.78, 5) is 61.0. The van der Waals surface area contributed by atoms with E-state index in [0.29, 0.717) is 50.5 Å². The van der Waals surface area contributed by atoms with Crippen LogP contribution in [0.25, 0.3) is 10.9 Å². The quantitative estimate of drug-likeness (QED) is 0.101. The maximum Gasteiger partial charge on any atom is 0.329 e. The maximum atomic E-state index is 14.6. The summed E-state index contributed by atoms with van der Waals surface area (Å²) in [5, 5.41) is 37.1.